The summed E-state index contributed by atoms with van der Waals surface area (Å²) in [6, 6.07) is 6.94. The maximum absolute atomic E-state index is 12.1. The maximum atomic E-state index is 12.1. The van der Waals surface area contributed by atoms with Crippen LogP contribution in [0.4, 0.5) is 0 Å². The minimum Gasteiger partial charge on any atom is -0.467 e. The summed E-state index contributed by atoms with van der Waals surface area (Å²) in [6.45, 7) is 1.00. The van der Waals surface area contributed by atoms with Crippen molar-refractivity contribution >= 4 is 27.8 Å². The lowest BCUT2D eigenvalue weighted by Gasteiger charge is -2.18. The number of ether oxygens (including phenoxy) is 2. The van der Waals surface area contributed by atoms with Crippen molar-refractivity contribution in [1.29, 1.82) is 0 Å². The number of halogens is 1. The Morgan fingerprint density at radius 3 is 2.95 bits per heavy atom. The first-order valence-corrected chi connectivity index (χ1v) is 7.60. The molecule has 21 heavy (non-hydrogen) atoms. The molecule has 1 saturated heterocycles. The molecule has 0 aliphatic carbocycles. The fourth-order valence-corrected chi connectivity index (χ4v) is 2.71. The number of nitrogens with one attached hydrogen (secondary N) is 1. The van der Waals surface area contributed by atoms with E-state index in [-0.39, 0.29) is 11.8 Å². The number of rotatable bonds is 5. The highest BCUT2D eigenvalue weighted by molar-refractivity contribution is 9.10. The van der Waals surface area contributed by atoms with E-state index in [2.05, 4.69) is 21.2 Å². The first-order chi connectivity index (χ1) is 10.1. The van der Waals surface area contributed by atoms with Gasteiger partial charge in [0.05, 0.1) is 19.6 Å². The Morgan fingerprint density at radius 1 is 1.52 bits per heavy atom. The summed E-state index contributed by atoms with van der Waals surface area (Å²) in [5.41, 5.74) is 0.947. The lowest BCUT2D eigenvalue weighted by molar-refractivity contribution is -0.145. The molecule has 1 aliphatic rings. The summed E-state index contributed by atoms with van der Waals surface area (Å²) >= 11 is 3.39. The summed E-state index contributed by atoms with van der Waals surface area (Å²) in [6.07, 6.45) is 1.09. The number of amides is 1. The van der Waals surface area contributed by atoms with E-state index in [0.29, 0.717) is 26.1 Å². The second kappa shape index (κ2) is 7.56. The van der Waals surface area contributed by atoms with Gasteiger partial charge in [0.1, 0.15) is 6.04 Å². The van der Waals surface area contributed by atoms with Crippen LogP contribution in [0.2, 0.25) is 0 Å². The smallest absolute Gasteiger partial charge is 0.328 e. The topological polar surface area (TPSA) is 64.6 Å². The second-order valence-electron chi connectivity index (χ2n) is 4.98. The molecule has 0 radical (unpaired) electrons. The van der Waals surface area contributed by atoms with E-state index in [1.165, 1.54) is 7.11 Å². The van der Waals surface area contributed by atoms with Crippen LogP contribution in [0.1, 0.15) is 12.0 Å². The largest absolute Gasteiger partial charge is 0.467 e. The number of esters is 1. The Labute approximate surface area is 132 Å². The lowest BCUT2D eigenvalue weighted by atomic mass is 10.0. The number of methoxy groups -OCH3 is 1. The SMILES string of the molecule is COC(=O)[C@@H](Cc1cccc(Br)c1)NC(=O)[C@@H]1CCOC1. The summed E-state index contributed by atoms with van der Waals surface area (Å²) in [5.74, 6) is -0.778. The molecule has 6 heteroatoms. The van der Waals surface area contributed by atoms with Crippen LogP contribution in [0, 0.1) is 5.92 Å². The molecule has 5 nitrogen and oxygen atoms in total. The number of carbonyl (C=O) groups excluding carboxylic acids is 2. The van der Waals surface area contributed by atoms with Crippen molar-refractivity contribution < 1.29 is 19.1 Å². The third kappa shape index (κ3) is 4.54. The number of hydrogen-bond donors (Lipinski definition) is 1. The summed E-state index contributed by atoms with van der Waals surface area (Å²) in [7, 11) is 1.32. The molecule has 1 N–H and O–H groups in total. The van der Waals surface area contributed by atoms with Crippen LogP contribution < -0.4 is 5.32 Å². The highest BCUT2D eigenvalue weighted by Crippen LogP contribution is 2.15. The normalized spacial score (nSPS) is 19.0. The van der Waals surface area contributed by atoms with Crippen molar-refractivity contribution in [1.82, 2.24) is 5.32 Å². The van der Waals surface area contributed by atoms with Crippen molar-refractivity contribution in [3.05, 3.63) is 34.3 Å². The average Bonchev–Trinajstić information content (AvgIpc) is 3.00. The van der Waals surface area contributed by atoms with Crippen LogP contribution in [-0.4, -0.2) is 38.2 Å². The zero-order chi connectivity index (χ0) is 15.2. The first kappa shape index (κ1) is 16.0. The zero-order valence-corrected chi connectivity index (χ0v) is 13.4. The Hall–Kier alpha value is -1.40. The fraction of sp³-hybridized carbons (Fsp3) is 0.467. The molecule has 1 aromatic rings. The summed E-state index contributed by atoms with van der Waals surface area (Å²) in [4.78, 5) is 24.0. The summed E-state index contributed by atoms with van der Waals surface area (Å²) in [5, 5.41) is 2.77. The van der Waals surface area contributed by atoms with Crippen molar-refractivity contribution in [2.24, 2.45) is 5.92 Å². The minimum absolute atomic E-state index is 0.155. The Kier molecular flexibility index (Phi) is 5.76. The molecule has 1 amide bonds. The molecule has 114 valence electrons. The Morgan fingerprint density at radius 2 is 2.33 bits per heavy atom. The van der Waals surface area contributed by atoms with Gasteiger partial charge in [-0.1, -0.05) is 28.1 Å². The molecule has 1 heterocycles. The van der Waals surface area contributed by atoms with E-state index in [1.807, 2.05) is 24.3 Å². The van der Waals surface area contributed by atoms with Gasteiger partial charge in [-0.3, -0.25) is 4.79 Å². The van der Waals surface area contributed by atoms with Gasteiger partial charge in [0.2, 0.25) is 5.91 Å². The molecule has 0 spiro atoms. The van der Waals surface area contributed by atoms with E-state index in [1.54, 1.807) is 0 Å². The quantitative estimate of drug-likeness (QED) is 0.816. The highest BCUT2D eigenvalue weighted by Gasteiger charge is 2.28. The maximum Gasteiger partial charge on any atom is 0.328 e. The number of hydrogen-bond acceptors (Lipinski definition) is 4. The van der Waals surface area contributed by atoms with Crippen LogP contribution in [-0.2, 0) is 25.5 Å². The predicted octanol–water partition coefficient (Wildman–Crippen LogP) is 1.69. The predicted molar refractivity (Wildman–Crippen MR) is 80.7 cm³/mol. The molecule has 2 rings (SSSR count). The van der Waals surface area contributed by atoms with Gasteiger partial charge in [0.15, 0.2) is 0 Å². The van der Waals surface area contributed by atoms with Crippen molar-refractivity contribution in [2.45, 2.75) is 18.9 Å². The monoisotopic (exact) mass is 355 g/mol. The highest BCUT2D eigenvalue weighted by atomic mass is 79.9. The van der Waals surface area contributed by atoms with Gasteiger partial charge in [0, 0.05) is 17.5 Å². The second-order valence-corrected chi connectivity index (χ2v) is 5.89. The zero-order valence-electron chi connectivity index (χ0n) is 11.8. The molecule has 0 unspecified atom stereocenters. The molecular formula is C15H18BrNO4. The van der Waals surface area contributed by atoms with Crippen molar-refractivity contribution in [3.8, 4) is 0 Å². The van der Waals surface area contributed by atoms with Gasteiger partial charge in [-0.25, -0.2) is 4.79 Å². The number of carbonyl (C=O) groups is 2. The van der Waals surface area contributed by atoms with Crippen LogP contribution in [0.5, 0.6) is 0 Å². The van der Waals surface area contributed by atoms with Crippen LogP contribution in [0.25, 0.3) is 0 Å². The van der Waals surface area contributed by atoms with E-state index < -0.39 is 12.0 Å². The molecule has 0 bridgehead atoms. The van der Waals surface area contributed by atoms with E-state index in [0.717, 1.165) is 10.0 Å². The van der Waals surface area contributed by atoms with Gasteiger partial charge >= 0.3 is 5.97 Å². The van der Waals surface area contributed by atoms with E-state index in [9.17, 15) is 9.59 Å². The molecule has 1 fully saturated rings. The van der Waals surface area contributed by atoms with Crippen molar-refractivity contribution in [2.75, 3.05) is 20.3 Å². The molecular weight excluding hydrogens is 338 g/mol. The molecule has 1 aromatic carbocycles. The van der Waals surface area contributed by atoms with Gasteiger partial charge in [-0.05, 0) is 24.1 Å². The van der Waals surface area contributed by atoms with Gasteiger partial charge < -0.3 is 14.8 Å². The van der Waals surface area contributed by atoms with Gasteiger partial charge in [-0.2, -0.15) is 0 Å². The first-order valence-electron chi connectivity index (χ1n) is 6.80. The Bertz CT molecular complexity index is 514. The van der Waals surface area contributed by atoms with Crippen LogP contribution >= 0.6 is 15.9 Å². The lowest BCUT2D eigenvalue weighted by Crippen LogP contribution is -2.45. The van der Waals surface area contributed by atoms with E-state index >= 15 is 0 Å². The van der Waals surface area contributed by atoms with Crippen molar-refractivity contribution in [3.63, 3.8) is 0 Å². The van der Waals surface area contributed by atoms with Crippen LogP contribution in [0.15, 0.2) is 28.7 Å². The van der Waals surface area contributed by atoms with Crippen LogP contribution in [0.3, 0.4) is 0 Å². The molecule has 2 atom stereocenters. The number of benzene rings is 1. The summed E-state index contributed by atoms with van der Waals surface area (Å²) < 4.78 is 10.9. The molecule has 0 aromatic heterocycles. The van der Waals surface area contributed by atoms with Gasteiger partial charge in [0.25, 0.3) is 0 Å². The van der Waals surface area contributed by atoms with E-state index in [4.69, 9.17) is 9.47 Å². The molecule has 0 saturated carbocycles. The third-order valence-corrected chi connectivity index (χ3v) is 3.92. The Balaban J connectivity index is 2.03. The minimum atomic E-state index is -0.683. The van der Waals surface area contributed by atoms with Gasteiger partial charge in [-0.15, -0.1) is 0 Å². The third-order valence-electron chi connectivity index (χ3n) is 3.43. The molecule has 1 aliphatic heterocycles. The fourth-order valence-electron chi connectivity index (χ4n) is 2.27. The standard InChI is InChI=1S/C15H18BrNO4/c1-20-15(19)13(8-10-3-2-4-12(16)7-10)17-14(18)11-5-6-21-9-11/h2-4,7,11,13H,5-6,8-9H2,1H3,(H,17,18)/t11-,13-/m1/s1. The average molecular weight is 356 g/mol.